The summed E-state index contributed by atoms with van der Waals surface area (Å²) in [5.74, 6) is 0.665. The van der Waals surface area contributed by atoms with Gasteiger partial charge in [0.05, 0.1) is 50.0 Å². The summed E-state index contributed by atoms with van der Waals surface area (Å²) in [7, 11) is 0. The predicted octanol–water partition coefficient (Wildman–Crippen LogP) is 14.6. The number of pyridine rings is 2. The van der Waals surface area contributed by atoms with Crippen LogP contribution in [0.3, 0.4) is 0 Å². The van der Waals surface area contributed by atoms with Crippen LogP contribution in [0.4, 0.5) is 0 Å². The molecule has 0 amide bonds. The summed E-state index contributed by atoms with van der Waals surface area (Å²) < 4.78 is 4.65. The lowest BCUT2D eigenvalue weighted by Gasteiger charge is -2.35. The van der Waals surface area contributed by atoms with E-state index in [4.69, 9.17) is 19.9 Å². The van der Waals surface area contributed by atoms with E-state index < -0.39 is 0 Å². The highest BCUT2D eigenvalue weighted by molar-refractivity contribution is 6.15. The van der Waals surface area contributed by atoms with Crippen LogP contribution in [0, 0.1) is 0 Å². The second-order valence-electron chi connectivity index (χ2n) is 17.9. The van der Waals surface area contributed by atoms with Crippen LogP contribution in [0.15, 0.2) is 194 Å². The van der Waals surface area contributed by atoms with E-state index in [9.17, 15) is 0 Å². The van der Waals surface area contributed by atoms with Crippen LogP contribution in [0.5, 0.6) is 0 Å². The highest BCUT2D eigenvalue weighted by atomic mass is 15.2. The zero-order valence-corrected chi connectivity index (χ0v) is 35.7. The van der Waals surface area contributed by atoms with Gasteiger partial charge in [-0.1, -0.05) is 123 Å². The van der Waals surface area contributed by atoms with Crippen LogP contribution in [0.1, 0.15) is 25.0 Å². The first-order valence-corrected chi connectivity index (χ1v) is 22.2. The van der Waals surface area contributed by atoms with E-state index >= 15 is 0 Å². The molecule has 304 valence electrons. The molecule has 14 rings (SSSR count). The minimum absolute atomic E-state index is 0.237. The van der Waals surface area contributed by atoms with E-state index in [1.165, 1.54) is 27.5 Å². The minimum Gasteiger partial charge on any atom is -0.309 e. The van der Waals surface area contributed by atoms with Crippen molar-refractivity contribution >= 4 is 76.3 Å². The van der Waals surface area contributed by atoms with Crippen molar-refractivity contribution in [3.05, 3.63) is 206 Å². The lowest BCUT2D eigenvalue weighted by Crippen LogP contribution is -2.24. The molecule has 6 nitrogen and oxygen atoms in total. The van der Waals surface area contributed by atoms with Gasteiger partial charge in [-0.05, 0) is 106 Å². The maximum absolute atomic E-state index is 5.53. The maximum atomic E-state index is 5.53. The van der Waals surface area contributed by atoms with Gasteiger partial charge >= 0.3 is 0 Å². The second-order valence-corrected chi connectivity index (χ2v) is 17.9. The molecule has 0 bridgehead atoms. The normalized spacial score (nSPS) is 13.2. The monoisotopic (exact) mass is 830 g/mol. The molecule has 0 saturated carbocycles. The van der Waals surface area contributed by atoms with Gasteiger partial charge in [0.25, 0.3) is 0 Å². The summed E-state index contributed by atoms with van der Waals surface area (Å²) in [5.41, 5.74) is 17.3. The molecule has 13 aromatic rings. The highest BCUT2D eigenvalue weighted by Gasteiger charge is 2.35. The molecule has 0 aliphatic heterocycles. The molecule has 0 atom stereocenters. The topological polar surface area (TPSA) is 61.4 Å². The van der Waals surface area contributed by atoms with E-state index in [2.05, 4.69) is 193 Å². The highest BCUT2D eigenvalue weighted by Crippen LogP contribution is 2.49. The van der Waals surface area contributed by atoms with E-state index in [1.807, 2.05) is 24.5 Å². The van der Waals surface area contributed by atoms with Crippen LogP contribution < -0.4 is 0 Å². The maximum Gasteiger partial charge on any atom is 0.235 e. The summed E-state index contributed by atoms with van der Waals surface area (Å²) in [5, 5.41) is 7.96. The Bertz CT molecular complexity index is 4160. The van der Waals surface area contributed by atoms with E-state index in [1.54, 1.807) is 0 Å². The third-order valence-corrected chi connectivity index (χ3v) is 14.0. The van der Waals surface area contributed by atoms with Crippen molar-refractivity contribution in [2.75, 3.05) is 0 Å². The molecular formula is C59H38N6. The largest absolute Gasteiger partial charge is 0.309 e. The Labute approximate surface area is 373 Å². The fourth-order valence-corrected chi connectivity index (χ4v) is 10.9. The van der Waals surface area contributed by atoms with Gasteiger partial charge in [-0.15, -0.1) is 0 Å². The van der Waals surface area contributed by atoms with Crippen LogP contribution in [0.2, 0.25) is 0 Å². The number of fused-ring (bicyclic) bond motifs is 11. The Morgan fingerprint density at radius 1 is 0.415 bits per heavy atom. The van der Waals surface area contributed by atoms with E-state index in [0.717, 1.165) is 99.2 Å². The van der Waals surface area contributed by atoms with Gasteiger partial charge in [-0.3, -0.25) is 14.5 Å². The van der Waals surface area contributed by atoms with Gasteiger partial charge in [0.1, 0.15) is 0 Å². The zero-order valence-electron chi connectivity index (χ0n) is 35.7. The summed E-state index contributed by atoms with van der Waals surface area (Å²) >= 11 is 0. The van der Waals surface area contributed by atoms with Crippen molar-refractivity contribution in [3.63, 3.8) is 0 Å². The predicted molar refractivity (Wildman–Crippen MR) is 267 cm³/mol. The first kappa shape index (κ1) is 36.0. The molecule has 0 spiro atoms. The smallest absolute Gasteiger partial charge is 0.235 e. The number of para-hydroxylation sites is 2. The lowest BCUT2D eigenvalue weighted by atomic mass is 9.69. The molecule has 1 aliphatic carbocycles. The van der Waals surface area contributed by atoms with Crippen molar-refractivity contribution in [2.45, 2.75) is 19.3 Å². The Balaban J connectivity index is 0.971. The summed E-state index contributed by atoms with van der Waals surface area (Å²) in [4.78, 5) is 20.6. The van der Waals surface area contributed by atoms with Crippen molar-refractivity contribution in [3.8, 4) is 45.1 Å². The van der Waals surface area contributed by atoms with Crippen LogP contribution in [0.25, 0.3) is 121 Å². The summed E-state index contributed by atoms with van der Waals surface area (Å²) in [6.45, 7) is 4.66. The average molecular weight is 831 g/mol. The van der Waals surface area contributed by atoms with Crippen LogP contribution >= 0.6 is 0 Å². The molecule has 0 saturated heterocycles. The Morgan fingerprint density at radius 2 is 1.03 bits per heavy atom. The Morgan fingerprint density at radius 3 is 1.80 bits per heavy atom. The molecule has 0 radical (unpaired) electrons. The van der Waals surface area contributed by atoms with Gasteiger partial charge in [-0.2, -0.15) is 0 Å². The minimum atomic E-state index is -0.237. The molecule has 0 unspecified atom stereocenters. The molecule has 0 N–H and O–H groups in total. The number of hydrogen-bond donors (Lipinski definition) is 0. The zero-order chi connectivity index (χ0) is 43.0. The third-order valence-electron chi connectivity index (χ3n) is 14.0. The molecule has 1 aliphatic rings. The number of hydrogen-bond acceptors (Lipinski definition) is 4. The molecular weight excluding hydrogens is 793 g/mol. The molecule has 0 fully saturated rings. The standard InChI is InChI=1S/C59H38N6/c1-59(2)46-21-9-6-19-42(46)56-54-47(59)32-39(35-14-4-3-5-15-35)33-48(54)62-58(63-56)65-50-23-11-8-18-41(50)45-31-37(25-27-52(45)65)36-24-26-51-44(30-36)40-17-7-10-22-49(40)64(51)53-34-38-16-12-28-60-55(38)57-43(53)20-13-29-61-57/h3-34H,1-2H3. The van der Waals surface area contributed by atoms with Gasteiger partial charge < -0.3 is 4.57 Å². The Hall–Kier alpha value is -8.48. The number of benzene rings is 8. The van der Waals surface area contributed by atoms with Crippen LogP contribution in [-0.2, 0) is 5.41 Å². The summed E-state index contributed by atoms with van der Waals surface area (Å²) in [6, 6.07) is 65.7. The number of aromatic nitrogens is 6. The average Bonchev–Trinajstić information content (AvgIpc) is 3.87. The Kier molecular flexibility index (Phi) is 7.36. The van der Waals surface area contributed by atoms with Gasteiger partial charge in [0.15, 0.2) is 0 Å². The SMILES string of the molecule is CC1(C)c2ccccc2-c2nc(-n3c4ccccc4c4cc(-c5ccc6c(c5)c5ccccc5n6-c5cc6cccnc6c6ncccc56)ccc43)nc3cc(-c4ccccc4)cc1c23. The fourth-order valence-electron chi connectivity index (χ4n) is 10.9. The first-order chi connectivity index (χ1) is 32.0. The number of rotatable bonds is 4. The molecule has 65 heavy (non-hydrogen) atoms. The molecule has 5 aromatic heterocycles. The van der Waals surface area contributed by atoms with Gasteiger partial charge in [-0.25, -0.2) is 9.97 Å². The molecule has 5 heterocycles. The van der Waals surface area contributed by atoms with Gasteiger partial charge in [0.2, 0.25) is 5.95 Å². The van der Waals surface area contributed by atoms with E-state index in [0.29, 0.717) is 5.95 Å². The molecule has 8 aromatic carbocycles. The number of nitrogens with zero attached hydrogens (tertiary/aromatic N) is 6. The fraction of sp³-hybridized carbons (Fsp3) is 0.0508. The van der Waals surface area contributed by atoms with E-state index in [-0.39, 0.29) is 5.41 Å². The quantitative estimate of drug-likeness (QED) is 0.166. The van der Waals surface area contributed by atoms with Crippen molar-refractivity contribution in [1.29, 1.82) is 0 Å². The second kappa shape index (κ2) is 13.3. The molecule has 6 heteroatoms. The van der Waals surface area contributed by atoms with Crippen molar-refractivity contribution in [2.24, 2.45) is 0 Å². The first-order valence-electron chi connectivity index (χ1n) is 22.2. The third kappa shape index (κ3) is 5.10. The van der Waals surface area contributed by atoms with Crippen molar-refractivity contribution in [1.82, 2.24) is 29.1 Å². The van der Waals surface area contributed by atoms with Crippen LogP contribution in [-0.4, -0.2) is 29.1 Å². The van der Waals surface area contributed by atoms with Gasteiger partial charge in [0, 0.05) is 61.1 Å². The summed E-state index contributed by atoms with van der Waals surface area (Å²) in [6.07, 6.45) is 3.70. The van der Waals surface area contributed by atoms with Crippen molar-refractivity contribution < 1.29 is 0 Å². The lowest BCUT2D eigenvalue weighted by molar-refractivity contribution is 0.644.